The summed E-state index contributed by atoms with van der Waals surface area (Å²) in [6.07, 6.45) is 13.7. The van der Waals surface area contributed by atoms with Gasteiger partial charge in [0.15, 0.2) is 6.29 Å². The molecule has 1 unspecified atom stereocenters. The minimum absolute atomic E-state index is 0.0336. The number of carbonyl (C=O) groups excluding carboxylic acids is 1. The fraction of sp³-hybridized carbons (Fsp3) is 0.952. The fourth-order valence-corrected chi connectivity index (χ4v) is 2.79. The zero-order valence-corrected chi connectivity index (χ0v) is 17.2. The van der Waals surface area contributed by atoms with E-state index in [-0.39, 0.29) is 18.4 Å². The van der Waals surface area contributed by atoms with Crippen molar-refractivity contribution >= 4 is 5.97 Å². The second-order valence-corrected chi connectivity index (χ2v) is 7.00. The molecule has 0 saturated heterocycles. The van der Waals surface area contributed by atoms with E-state index >= 15 is 0 Å². The van der Waals surface area contributed by atoms with Crippen LogP contribution in [0.15, 0.2) is 0 Å². The van der Waals surface area contributed by atoms with Crippen molar-refractivity contribution in [3.8, 4) is 0 Å². The molecule has 0 rings (SSSR count). The van der Waals surface area contributed by atoms with E-state index < -0.39 is 0 Å². The van der Waals surface area contributed by atoms with Crippen molar-refractivity contribution in [2.45, 2.75) is 117 Å². The lowest BCUT2D eigenvalue weighted by atomic mass is 10.1. The van der Waals surface area contributed by atoms with Crippen LogP contribution in [0.25, 0.3) is 0 Å². The lowest BCUT2D eigenvalue weighted by Gasteiger charge is -2.19. The molecule has 0 aliphatic heterocycles. The Morgan fingerprint density at radius 2 is 1.28 bits per heavy atom. The van der Waals surface area contributed by atoms with Gasteiger partial charge in [-0.3, -0.25) is 4.79 Å². The Hall–Kier alpha value is -0.610. The maximum absolute atomic E-state index is 10.9. The van der Waals surface area contributed by atoms with Crippen LogP contribution < -0.4 is 0 Å². The third kappa shape index (κ3) is 18.0. The van der Waals surface area contributed by atoms with Gasteiger partial charge in [-0.15, -0.1) is 0 Å². The zero-order chi connectivity index (χ0) is 18.8. The first kappa shape index (κ1) is 24.4. The molecule has 0 N–H and O–H groups in total. The van der Waals surface area contributed by atoms with Gasteiger partial charge in [-0.1, -0.05) is 52.4 Å². The summed E-state index contributed by atoms with van der Waals surface area (Å²) in [5.41, 5.74) is 0. The number of carbonyl (C=O) groups is 1. The number of hydrogen-bond acceptors (Lipinski definition) is 4. The number of ether oxygens (including phenoxy) is 3. The van der Waals surface area contributed by atoms with Gasteiger partial charge in [-0.2, -0.15) is 0 Å². The largest absolute Gasteiger partial charge is 0.463 e. The molecule has 0 aromatic carbocycles. The molecule has 0 saturated carbocycles. The Bertz CT molecular complexity index is 282. The number of unbranched alkanes of at least 4 members (excludes halogenated alkanes) is 7. The van der Waals surface area contributed by atoms with E-state index in [4.69, 9.17) is 14.2 Å². The molecule has 4 nitrogen and oxygen atoms in total. The molecule has 0 aliphatic rings. The molecular formula is C21H42O4. The van der Waals surface area contributed by atoms with Crippen molar-refractivity contribution in [2.24, 2.45) is 0 Å². The van der Waals surface area contributed by atoms with Crippen molar-refractivity contribution < 1.29 is 19.0 Å². The Morgan fingerprint density at radius 3 is 1.76 bits per heavy atom. The SMILES string of the molecule is CCCCCOC(CCCCCCC(C)OC(C)=O)OCCCCC. The molecule has 0 bridgehead atoms. The quantitative estimate of drug-likeness (QED) is 0.171. The van der Waals surface area contributed by atoms with Gasteiger partial charge in [0.25, 0.3) is 0 Å². The van der Waals surface area contributed by atoms with E-state index in [1.807, 2.05) is 6.92 Å². The van der Waals surface area contributed by atoms with Gasteiger partial charge in [0.1, 0.15) is 0 Å². The molecule has 0 fully saturated rings. The predicted octanol–water partition coefficient (Wildman–Crippen LogP) is 6.02. The third-order valence-corrected chi connectivity index (χ3v) is 4.27. The minimum atomic E-state index is -0.184. The van der Waals surface area contributed by atoms with Crippen LogP contribution in [0.1, 0.15) is 105 Å². The summed E-state index contributed by atoms with van der Waals surface area (Å²) in [7, 11) is 0. The van der Waals surface area contributed by atoms with Crippen LogP contribution in [0.2, 0.25) is 0 Å². The summed E-state index contributed by atoms with van der Waals surface area (Å²) < 4.78 is 17.0. The average molecular weight is 359 g/mol. The number of esters is 1. The monoisotopic (exact) mass is 358 g/mol. The molecule has 0 aromatic rings. The van der Waals surface area contributed by atoms with Gasteiger partial charge < -0.3 is 14.2 Å². The van der Waals surface area contributed by atoms with Crippen LogP contribution in [0.4, 0.5) is 0 Å². The Kier molecular flexibility index (Phi) is 17.7. The first-order valence-corrected chi connectivity index (χ1v) is 10.5. The van der Waals surface area contributed by atoms with Gasteiger partial charge in [-0.05, 0) is 45.4 Å². The van der Waals surface area contributed by atoms with Crippen molar-refractivity contribution in [3.05, 3.63) is 0 Å². The predicted molar refractivity (Wildman–Crippen MR) is 104 cm³/mol. The van der Waals surface area contributed by atoms with E-state index in [0.29, 0.717) is 0 Å². The first-order valence-electron chi connectivity index (χ1n) is 10.5. The second kappa shape index (κ2) is 18.2. The molecule has 0 amide bonds. The summed E-state index contributed by atoms with van der Waals surface area (Å²) in [6, 6.07) is 0. The summed E-state index contributed by atoms with van der Waals surface area (Å²) in [5.74, 6) is -0.184. The van der Waals surface area contributed by atoms with Crippen LogP contribution in [-0.2, 0) is 19.0 Å². The lowest BCUT2D eigenvalue weighted by Crippen LogP contribution is -2.19. The molecule has 0 radical (unpaired) electrons. The Morgan fingerprint density at radius 1 is 0.760 bits per heavy atom. The molecule has 1 atom stereocenters. The van der Waals surface area contributed by atoms with Crippen molar-refractivity contribution in [1.82, 2.24) is 0 Å². The van der Waals surface area contributed by atoms with E-state index in [9.17, 15) is 4.79 Å². The average Bonchev–Trinajstić information content (AvgIpc) is 2.57. The molecular weight excluding hydrogens is 316 g/mol. The summed E-state index contributed by atoms with van der Waals surface area (Å²) in [6.45, 7) is 9.48. The highest BCUT2D eigenvalue weighted by Gasteiger charge is 2.09. The number of hydrogen-bond donors (Lipinski definition) is 0. The highest BCUT2D eigenvalue weighted by atomic mass is 16.7. The Labute approximate surface area is 156 Å². The summed E-state index contributed by atoms with van der Waals surface area (Å²) in [4.78, 5) is 10.9. The van der Waals surface area contributed by atoms with Crippen LogP contribution >= 0.6 is 0 Å². The third-order valence-electron chi connectivity index (χ3n) is 4.27. The van der Waals surface area contributed by atoms with E-state index in [1.165, 1.54) is 45.4 Å². The highest BCUT2D eigenvalue weighted by Crippen LogP contribution is 2.14. The van der Waals surface area contributed by atoms with E-state index in [2.05, 4.69) is 13.8 Å². The lowest BCUT2D eigenvalue weighted by molar-refractivity contribution is -0.148. The first-order chi connectivity index (χ1) is 12.1. The summed E-state index contributed by atoms with van der Waals surface area (Å²) in [5, 5.41) is 0. The molecule has 0 aliphatic carbocycles. The summed E-state index contributed by atoms with van der Waals surface area (Å²) >= 11 is 0. The van der Waals surface area contributed by atoms with Crippen LogP contribution in [0, 0.1) is 0 Å². The van der Waals surface area contributed by atoms with E-state index in [1.54, 1.807) is 0 Å². The van der Waals surface area contributed by atoms with Gasteiger partial charge >= 0.3 is 5.97 Å². The second-order valence-electron chi connectivity index (χ2n) is 7.00. The highest BCUT2D eigenvalue weighted by molar-refractivity contribution is 5.66. The van der Waals surface area contributed by atoms with Crippen LogP contribution in [0.3, 0.4) is 0 Å². The maximum Gasteiger partial charge on any atom is 0.302 e. The van der Waals surface area contributed by atoms with Crippen LogP contribution in [0.5, 0.6) is 0 Å². The van der Waals surface area contributed by atoms with E-state index in [0.717, 1.165) is 51.7 Å². The topological polar surface area (TPSA) is 44.8 Å². The Balaban J connectivity index is 3.77. The molecule has 0 heterocycles. The van der Waals surface area contributed by atoms with Crippen molar-refractivity contribution in [2.75, 3.05) is 13.2 Å². The molecule has 0 aromatic heterocycles. The molecule has 0 spiro atoms. The zero-order valence-electron chi connectivity index (χ0n) is 17.2. The van der Waals surface area contributed by atoms with Gasteiger partial charge in [-0.25, -0.2) is 0 Å². The smallest absolute Gasteiger partial charge is 0.302 e. The number of rotatable bonds is 18. The molecule has 25 heavy (non-hydrogen) atoms. The molecule has 150 valence electrons. The maximum atomic E-state index is 10.9. The van der Waals surface area contributed by atoms with Gasteiger partial charge in [0.2, 0.25) is 0 Å². The minimum Gasteiger partial charge on any atom is -0.463 e. The normalized spacial score (nSPS) is 12.5. The van der Waals surface area contributed by atoms with Crippen molar-refractivity contribution in [3.63, 3.8) is 0 Å². The van der Waals surface area contributed by atoms with Crippen LogP contribution in [-0.4, -0.2) is 31.6 Å². The van der Waals surface area contributed by atoms with Crippen molar-refractivity contribution in [1.29, 1.82) is 0 Å². The molecule has 4 heteroatoms. The van der Waals surface area contributed by atoms with Gasteiger partial charge in [0, 0.05) is 20.1 Å². The van der Waals surface area contributed by atoms with Gasteiger partial charge in [0.05, 0.1) is 6.10 Å². The standard InChI is InChI=1S/C21H42O4/c1-5-7-13-17-23-21(24-18-14-8-6-2)16-12-10-9-11-15-19(3)25-20(4)22/h19,21H,5-18H2,1-4H3. The fourth-order valence-electron chi connectivity index (χ4n) is 2.79.